The van der Waals surface area contributed by atoms with Gasteiger partial charge in [0.1, 0.15) is 5.60 Å². The molecule has 2 aromatic heterocycles. The van der Waals surface area contributed by atoms with E-state index in [0.29, 0.717) is 34.4 Å². The van der Waals surface area contributed by atoms with Crippen LogP contribution in [0, 0.1) is 5.92 Å². The maximum absolute atomic E-state index is 12.8. The maximum Gasteiger partial charge on any atom is 0.443 e. The molecule has 1 spiro atoms. The Kier molecular flexibility index (Phi) is 3.22. The molecule has 6 heterocycles. The number of nitrogens with zero attached hydrogens (tertiary/aromatic N) is 3. The van der Waals surface area contributed by atoms with Gasteiger partial charge in [-0.3, -0.25) is 4.90 Å². The van der Waals surface area contributed by atoms with Crippen LogP contribution in [0.1, 0.15) is 23.4 Å². The monoisotopic (exact) mass is 367 g/mol. The summed E-state index contributed by atoms with van der Waals surface area (Å²) in [6, 6.07) is 1.89. The zero-order chi connectivity index (χ0) is 17.2. The number of thiazole rings is 1. The Bertz CT molecular complexity index is 829. The van der Waals surface area contributed by atoms with Crippen molar-refractivity contribution < 1.29 is 17.9 Å². The van der Waals surface area contributed by atoms with Crippen LogP contribution in [0.25, 0.3) is 11.3 Å². The van der Waals surface area contributed by atoms with Crippen LogP contribution >= 0.6 is 11.3 Å². The highest BCUT2D eigenvalue weighted by atomic mass is 32.1. The number of ether oxygens (including phenoxy) is 1. The predicted octanol–water partition coefficient (Wildman–Crippen LogP) is 3.62. The Hall–Kier alpha value is -1.67. The van der Waals surface area contributed by atoms with E-state index in [9.17, 15) is 13.2 Å². The van der Waals surface area contributed by atoms with Crippen LogP contribution in [0.4, 0.5) is 13.2 Å². The van der Waals surface area contributed by atoms with Crippen molar-refractivity contribution in [3.05, 3.63) is 28.2 Å². The Morgan fingerprint density at radius 1 is 1.28 bits per heavy atom. The van der Waals surface area contributed by atoms with Crippen molar-refractivity contribution in [3.63, 3.8) is 0 Å². The van der Waals surface area contributed by atoms with E-state index in [0.717, 1.165) is 44.5 Å². The van der Waals surface area contributed by atoms with Gasteiger partial charge in [0, 0.05) is 41.6 Å². The largest absolute Gasteiger partial charge is 0.469 e. The van der Waals surface area contributed by atoms with Crippen LogP contribution in [0.2, 0.25) is 0 Å². The molecular weight excluding hydrogens is 351 g/mol. The third-order valence-corrected chi connectivity index (χ3v) is 6.47. The molecule has 0 aliphatic carbocycles. The summed E-state index contributed by atoms with van der Waals surface area (Å²) in [5.41, 5.74) is 1.71. The summed E-state index contributed by atoms with van der Waals surface area (Å²) >= 11 is 0.614. The number of piperidine rings is 3. The molecule has 6 rings (SSSR count). The van der Waals surface area contributed by atoms with Gasteiger partial charge in [-0.1, -0.05) is 0 Å². The molecule has 0 aromatic carbocycles. The third kappa shape index (κ3) is 2.45. The molecule has 4 aliphatic heterocycles. The van der Waals surface area contributed by atoms with Gasteiger partial charge < -0.3 is 4.74 Å². The number of hydrogen-bond donors (Lipinski definition) is 0. The van der Waals surface area contributed by atoms with Crippen molar-refractivity contribution in [1.29, 1.82) is 0 Å². The molecule has 4 nitrogen and oxygen atoms in total. The number of alkyl halides is 3. The quantitative estimate of drug-likeness (QED) is 0.772. The van der Waals surface area contributed by atoms with E-state index in [1.165, 1.54) is 5.38 Å². The fraction of sp³-hybridized carbons (Fsp3) is 0.529. The van der Waals surface area contributed by atoms with Crippen molar-refractivity contribution in [2.75, 3.05) is 19.6 Å². The van der Waals surface area contributed by atoms with Gasteiger partial charge in [-0.2, -0.15) is 13.2 Å². The first-order chi connectivity index (χ1) is 11.9. The molecule has 132 valence electrons. The van der Waals surface area contributed by atoms with E-state index in [4.69, 9.17) is 4.74 Å². The highest BCUT2D eigenvalue weighted by Crippen LogP contribution is 2.46. The summed E-state index contributed by atoms with van der Waals surface area (Å²) in [4.78, 5) is 10.5. The van der Waals surface area contributed by atoms with Gasteiger partial charge in [0.2, 0.25) is 5.88 Å². The average molecular weight is 367 g/mol. The van der Waals surface area contributed by atoms with E-state index in [1.807, 2.05) is 6.07 Å². The van der Waals surface area contributed by atoms with Crippen LogP contribution in [-0.2, 0) is 12.6 Å². The molecule has 0 amide bonds. The van der Waals surface area contributed by atoms with E-state index in [1.54, 1.807) is 6.20 Å². The van der Waals surface area contributed by atoms with E-state index in [-0.39, 0.29) is 5.60 Å². The molecule has 2 aromatic rings. The van der Waals surface area contributed by atoms with Gasteiger partial charge in [0.25, 0.3) is 0 Å². The third-order valence-electron chi connectivity index (χ3n) is 5.58. The van der Waals surface area contributed by atoms with Crippen molar-refractivity contribution in [1.82, 2.24) is 14.9 Å². The van der Waals surface area contributed by atoms with Gasteiger partial charge in [-0.05, 0) is 32.0 Å². The first kappa shape index (κ1) is 15.6. The average Bonchev–Trinajstić information content (AvgIpc) is 3.19. The second-order valence-electron chi connectivity index (χ2n) is 7.12. The molecule has 0 saturated carbocycles. The summed E-state index contributed by atoms with van der Waals surface area (Å²) in [6.45, 7) is 3.17. The van der Waals surface area contributed by atoms with Gasteiger partial charge in [0.15, 0.2) is 5.01 Å². The number of pyridine rings is 1. The minimum absolute atomic E-state index is 0.205. The zero-order valence-corrected chi connectivity index (χ0v) is 14.2. The maximum atomic E-state index is 12.8. The molecule has 2 bridgehead atoms. The van der Waals surface area contributed by atoms with Gasteiger partial charge in [-0.15, -0.1) is 11.3 Å². The highest BCUT2D eigenvalue weighted by Gasteiger charge is 2.52. The summed E-state index contributed by atoms with van der Waals surface area (Å²) in [5.74, 6) is 1.16. The first-order valence-corrected chi connectivity index (χ1v) is 9.24. The standard InChI is InChI=1S/C17H16F3N3OS/c18-17(19,20)15-22-13(8-25-15)11-5-10-6-16(24-14(10)21-7-11)9-23-3-1-12(16)2-4-23/h5,7-8,12H,1-4,6,9H2. The minimum atomic E-state index is -4.41. The minimum Gasteiger partial charge on any atom is -0.469 e. The molecular formula is C17H16F3N3OS. The Labute approximate surface area is 146 Å². The van der Waals surface area contributed by atoms with Crippen LogP contribution in [0.15, 0.2) is 17.6 Å². The topological polar surface area (TPSA) is 38.2 Å². The SMILES string of the molecule is FC(F)(F)c1nc(-c2cnc3c(c2)CC2(CN4CCC2CC4)O3)cs1. The lowest BCUT2D eigenvalue weighted by molar-refractivity contribution is -0.137. The number of halogens is 3. The van der Waals surface area contributed by atoms with E-state index >= 15 is 0 Å². The van der Waals surface area contributed by atoms with Gasteiger partial charge in [0.05, 0.1) is 5.69 Å². The van der Waals surface area contributed by atoms with Gasteiger partial charge in [-0.25, -0.2) is 9.97 Å². The van der Waals surface area contributed by atoms with Gasteiger partial charge >= 0.3 is 6.18 Å². The number of rotatable bonds is 1. The smallest absolute Gasteiger partial charge is 0.443 e. The summed E-state index contributed by atoms with van der Waals surface area (Å²) in [6.07, 6.45) is 0.217. The Morgan fingerprint density at radius 2 is 2.08 bits per heavy atom. The molecule has 0 N–H and O–H groups in total. The lowest BCUT2D eigenvalue weighted by Crippen LogP contribution is -2.61. The number of aromatic nitrogens is 2. The fourth-order valence-corrected chi connectivity index (χ4v) is 5.08. The fourth-order valence-electron chi connectivity index (χ4n) is 4.38. The molecule has 8 heteroatoms. The molecule has 3 saturated heterocycles. The summed E-state index contributed by atoms with van der Waals surface area (Å²) in [5, 5.41) is 0.611. The van der Waals surface area contributed by atoms with Crippen LogP contribution in [-0.4, -0.2) is 40.1 Å². The lowest BCUT2D eigenvalue weighted by atomic mass is 9.73. The molecule has 3 fully saturated rings. The van der Waals surface area contributed by atoms with Crippen LogP contribution in [0.5, 0.6) is 5.88 Å². The lowest BCUT2D eigenvalue weighted by Gasteiger charge is -2.50. The van der Waals surface area contributed by atoms with Crippen molar-refractivity contribution in [2.24, 2.45) is 5.92 Å². The first-order valence-electron chi connectivity index (χ1n) is 8.36. The van der Waals surface area contributed by atoms with Crippen LogP contribution < -0.4 is 4.74 Å². The number of hydrogen-bond acceptors (Lipinski definition) is 5. The molecule has 1 unspecified atom stereocenters. The molecule has 0 radical (unpaired) electrons. The predicted molar refractivity (Wildman–Crippen MR) is 86.6 cm³/mol. The Morgan fingerprint density at radius 3 is 2.72 bits per heavy atom. The molecule has 1 atom stereocenters. The molecule has 4 aliphatic rings. The Balaban J connectivity index is 1.45. The van der Waals surface area contributed by atoms with Crippen molar-refractivity contribution in [3.8, 4) is 17.1 Å². The summed E-state index contributed by atoms with van der Waals surface area (Å²) in [7, 11) is 0. The normalized spacial score (nSPS) is 30.5. The van der Waals surface area contributed by atoms with Crippen LogP contribution in [0.3, 0.4) is 0 Å². The molecule has 25 heavy (non-hydrogen) atoms. The second kappa shape index (κ2) is 5.17. The number of fused-ring (bicyclic) bond motifs is 3. The van der Waals surface area contributed by atoms with E-state index in [2.05, 4.69) is 14.9 Å². The highest BCUT2D eigenvalue weighted by molar-refractivity contribution is 7.10. The second-order valence-corrected chi connectivity index (χ2v) is 7.98. The van der Waals surface area contributed by atoms with Crippen molar-refractivity contribution >= 4 is 11.3 Å². The zero-order valence-electron chi connectivity index (χ0n) is 13.3. The van der Waals surface area contributed by atoms with Crippen molar-refractivity contribution in [2.45, 2.75) is 31.0 Å². The van der Waals surface area contributed by atoms with E-state index < -0.39 is 11.2 Å². The summed E-state index contributed by atoms with van der Waals surface area (Å²) < 4.78 is 44.6.